The van der Waals surface area contributed by atoms with Crippen molar-refractivity contribution in [1.82, 2.24) is 9.88 Å². The number of halogens is 3. The Bertz CT molecular complexity index is 1010. The minimum absolute atomic E-state index is 0.0342. The van der Waals surface area contributed by atoms with E-state index in [9.17, 15) is 27.6 Å². The van der Waals surface area contributed by atoms with Gasteiger partial charge in [0.2, 0.25) is 0 Å². The van der Waals surface area contributed by atoms with Gasteiger partial charge >= 0.3 is 12.1 Å². The van der Waals surface area contributed by atoms with Crippen molar-refractivity contribution in [1.29, 1.82) is 0 Å². The van der Waals surface area contributed by atoms with Crippen molar-refractivity contribution >= 4 is 17.7 Å². The van der Waals surface area contributed by atoms with Crippen LogP contribution in [0.4, 0.5) is 13.2 Å². The molecule has 0 aliphatic carbocycles. The molecule has 0 radical (unpaired) electrons. The fourth-order valence-corrected chi connectivity index (χ4v) is 3.57. The van der Waals surface area contributed by atoms with Gasteiger partial charge in [0, 0.05) is 36.6 Å². The fraction of sp³-hybridized carbons (Fsp3) is 0.458. The molecule has 0 saturated heterocycles. The van der Waals surface area contributed by atoms with E-state index in [2.05, 4.69) is 4.98 Å². The molecule has 0 bridgehead atoms. The number of aryl methyl sites for hydroxylation is 1. The van der Waals surface area contributed by atoms with E-state index in [-0.39, 0.29) is 36.5 Å². The van der Waals surface area contributed by atoms with Gasteiger partial charge in [-0.1, -0.05) is 0 Å². The van der Waals surface area contributed by atoms with Gasteiger partial charge in [-0.15, -0.1) is 0 Å². The zero-order chi connectivity index (χ0) is 25.5. The Morgan fingerprint density at radius 2 is 1.68 bits per heavy atom. The van der Waals surface area contributed by atoms with Crippen LogP contribution in [0.5, 0.6) is 0 Å². The molecule has 0 unspecified atom stereocenters. The van der Waals surface area contributed by atoms with E-state index in [1.165, 1.54) is 4.90 Å². The first-order chi connectivity index (χ1) is 16.0. The van der Waals surface area contributed by atoms with Gasteiger partial charge in [0.15, 0.2) is 5.78 Å². The molecule has 10 heteroatoms. The molecule has 186 valence electrons. The molecular formula is C24H29F3N2O5. The summed E-state index contributed by atoms with van der Waals surface area (Å²) in [5.41, 5.74) is 0.483. The zero-order valence-corrected chi connectivity index (χ0v) is 19.7. The van der Waals surface area contributed by atoms with Crippen LogP contribution in [0.25, 0.3) is 0 Å². The number of hydrogen-bond acceptors (Lipinski definition) is 5. The van der Waals surface area contributed by atoms with Gasteiger partial charge in [-0.25, -0.2) is 4.79 Å². The van der Waals surface area contributed by atoms with E-state index in [0.29, 0.717) is 30.9 Å². The molecule has 1 aromatic carbocycles. The molecule has 0 atom stereocenters. The second-order valence-corrected chi connectivity index (χ2v) is 7.62. The number of aromatic nitrogens is 1. The summed E-state index contributed by atoms with van der Waals surface area (Å²) in [7, 11) is 0. The summed E-state index contributed by atoms with van der Waals surface area (Å²) in [5.74, 6) is -1.56. The molecule has 0 fully saturated rings. The Hall–Kier alpha value is -3.14. The maximum Gasteiger partial charge on any atom is 0.416 e. The number of rotatable bonds is 11. The lowest BCUT2D eigenvalue weighted by Crippen LogP contribution is -2.37. The Balaban J connectivity index is 2.28. The third kappa shape index (κ3) is 6.69. The predicted molar refractivity (Wildman–Crippen MR) is 119 cm³/mol. The van der Waals surface area contributed by atoms with Crippen LogP contribution in [-0.2, 0) is 15.7 Å². The van der Waals surface area contributed by atoms with Crippen LogP contribution in [0.15, 0.2) is 24.3 Å². The fourth-order valence-electron chi connectivity index (χ4n) is 3.57. The van der Waals surface area contributed by atoms with Crippen LogP contribution >= 0.6 is 0 Å². The number of benzene rings is 1. The van der Waals surface area contributed by atoms with Crippen LogP contribution < -0.4 is 0 Å². The van der Waals surface area contributed by atoms with Crippen molar-refractivity contribution in [2.75, 3.05) is 32.9 Å². The number of nitrogens with one attached hydrogen (secondary N) is 1. The highest BCUT2D eigenvalue weighted by Gasteiger charge is 2.31. The molecule has 0 aliphatic rings. The molecule has 0 spiro atoms. The Morgan fingerprint density at radius 3 is 2.24 bits per heavy atom. The number of alkyl halides is 3. The van der Waals surface area contributed by atoms with Gasteiger partial charge in [0.1, 0.15) is 5.69 Å². The second kappa shape index (κ2) is 11.8. The lowest BCUT2D eigenvalue weighted by Gasteiger charge is -2.22. The topological polar surface area (TPSA) is 88.7 Å². The Labute approximate surface area is 196 Å². The number of ketones is 1. The first-order valence-electron chi connectivity index (χ1n) is 10.9. The first kappa shape index (κ1) is 27.1. The molecule has 1 heterocycles. The van der Waals surface area contributed by atoms with Crippen LogP contribution in [0.3, 0.4) is 0 Å². The minimum Gasteiger partial charge on any atom is -0.461 e. The summed E-state index contributed by atoms with van der Waals surface area (Å²) in [6, 6.07) is 3.85. The van der Waals surface area contributed by atoms with Crippen molar-refractivity contribution in [3.8, 4) is 0 Å². The quantitative estimate of drug-likeness (QED) is 0.288. The molecule has 0 saturated carbocycles. The van der Waals surface area contributed by atoms with Crippen molar-refractivity contribution < 1.29 is 37.0 Å². The second-order valence-electron chi connectivity index (χ2n) is 7.62. The van der Waals surface area contributed by atoms with Crippen LogP contribution in [0, 0.1) is 13.8 Å². The van der Waals surface area contributed by atoms with Gasteiger partial charge in [0.05, 0.1) is 18.7 Å². The van der Waals surface area contributed by atoms with Crippen LogP contribution in [-0.4, -0.2) is 60.5 Å². The third-order valence-corrected chi connectivity index (χ3v) is 5.20. The van der Waals surface area contributed by atoms with Gasteiger partial charge in [0.25, 0.3) is 5.91 Å². The maximum absolute atomic E-state index is 13.2. The van der Waals surface area contributed by atoms with E-state index in [4.69, 9.17) is 9.47 Å². The summed E-state index contributed by atoms with van der Waals surface area (Å²) >= 11 is 0. The molecule has 7 nitrogen and oxygen atoms in total. The van der Waals surface area contributed by atoms with Crippen molar-refractivity contribution in [2.24, 2.45) is 0 Å². The molecule has 1 amide bonds. The number of esters is 1. The summed E-state index contributed by atoms with van der Waals surface area (Å²) in [4.78, 5) is 42.5. The smallest absolute Gasteiger partial charge is 0.416 e. The average molecular weight is 482 g/mol. The lowest BCUT2D eigenvalue weighted by atomic mass is 10.0. The Morgan fingerprint density at radius 1 is 1.03 bits per heavy atom. The highest BCUT2D eigenvalue weighted by Crippen LogP contribution is 2.29. The number of H-pyrrole nitrogens is 1. The number of ether oxygens (including phenoxy) is 2. The van der Waals surface area contributed by atoms with Crippen molar-refractivity contribution in [3.05, 3.63) is 57.9 Å². The first-order valence-corrected chi connectivity index (χ1v) is 10.9. The van der Waals surface area contributed by atoms with Crippen LogP contribution in [0.1, 0.15) is 68.3 Å². The zero-order valence-electron chi connectivity index (χ0n) is 19.7. The molecule has 34 heavy (non-hydrogen) atoms. The highest BCUT2D eigenvalue weighted by molar-refractivity contribution is 6.05. The number of carbonyl (C=O) groups is 3. The normalized spacial score (nSPS) is 11.4. The van der Waals surface area contributed by atoms with Crippen LogP contribution in [0.2, 0.25) is 0 Å². The molecule has 2 aromatic rings. The van der Waals surface area contributed by atoms with E-state index in [1.807, 2.05) is 6.92 Å². The number of nitrogens with zero attached hydrogens (tertiary/aromatic N) is 1. The monoisotopic (exact) mass is 482 g/mol. The highest BCUT2D eigenvalue weighted by atomic mass is 19.4. The van der Waals surface area contributed by atoms with E-state index < -0.39 is 29.4 Å². The van der Waals surface area contributed by atoms with E-state index in [0.717, 1.165) is 24.3 Å². The van der Waals surface area contributed by atoms with E-state index >= 15 is 0 Å². The maximum atomic E-state index is 13.2. The van der Waals surface area contributed by atoms with E-state index in [1.54, 1.807) is 20.8 Å². The number of Topliss-reactive ketones (excluding diaryl/α,β-unsaturated/α-hetero) is 1. The number of aromatic amines is 1. The lowest BCUT2D eigenvalue weighted by molar-refractivity contribution is -0.137. The number of amides is 1. The minimum atomic E-state index is -4.52. The summed E-state index contributed by atoms with van der Waals surface area (Å²) in [6.45, 7) is 7.62. The van der Waals surface area contributed by atoms with Crippen molar-refractivity contribution in [3.63, 3.8) is 0 Å². The molecule has 1 N–H and O–H groups in total. The number of carbonyl (C=O) groups excluding carboxylic acids is 3. The standard InChI is InChI=1S/C24H29F3N2O5/c1-5-33-13-7-12-29(22(31)17-8-10-18(11-9-17)24(25,26)27)14-19(30)20-15(3)21(28-16(20)4)23(32)34-6-2/h8-11,28H,5-7,12-14H2,1-4H3. The van der Waals surface area contributed by atoms with Gasteiger partial charge < -0.3 is 19.4 Å². The predicted octanol–water partition coefficient (Wildman–Crippen LogP) is 4.58. The largest absolute Gasteiger partial charge is 0.461 e. The third-order valence-electron chi connectivity index (χ3n) is 5.20. The molecule has 1 aromatic heterocycles. The SMILES string of the molecule is CCOCCCN(CC(=O)c1c(C)[nH]c(C(=O)OCC)c1C)C(=O)c1ccc(C(F)(F)F)cc1. The van der Waals surface area contributed by atoms with Gasteiger partial charge in [-0.05, 0) is 63.9 Å². The van der Waals surface area contributed by atoms with Crippen molar-refractivity contribution in [2.45, 2.75) is 40.3 Å². The molecule has 0 aliphatic heterocycles. The average Bonchev–Trinajstić information content (AvgIpc) is 3.09. The van der Waals surface area contributed by atoms with Gasteiger partial charge in [-0.2, -0.15) is 13.2 Å². The number of hydrogen-bond donors (Lipinski definition) is 1. The Kier molecular flexibility index (Phi) is 9.43. The van der Waals surface area contributed by atoms with Gasteiger partial charge in [-0.3, -0.25) is 9.59 Å². The summed E-state index contributed by atoms with van der Waals surface area (Å²) in [5, 5.41) is 0. The molecular weight excluding hydrogens is 453 g/mol. The summed E-state index contributed by atoms with van der Waals surface area (Å²) in [6.07, 6.45) is -4.08. The summed E-state index contributed by atoms with van der Waals surface area (Å²) < 4.78 is 48.9. The molecule has 2 rings (SSSR count).